The van der Waals surface area contributed by atoms with Crippen molar-refractivity contribution in [2.24, 2.45) is 0 Å². The van der Waals surface area contributed by atoms with Crippen LogP contribution in [0, 0.1) is 6.92 Å². The molecule has 0 unspecified atom stereocenters. The summed E-state index contributed by atoms with van der Waals surface area (Å²) in [5.41, 5.74) is 3.36. The van der Waals surface area contributed by atoms with E-state index in [0.717, 1.165) is 30.0 Å². The van der Waals surface area contributed by atoms with Crippen LogP contribution in [0.3, 0.4) is 0 Å². The van der Waals surface area contributed by atoms with E-state index in [1.165, 1.54) is 12.8 Å². The molecule has 0 aliphatic carbocycles. The predicted octanol–water partition coefficient (Wildman–Crippen LogP) is 3.93. The first-order chi connectivity index (χ1) is 14.0. The van der Waals surface area contributed by atoms with Crippen LogP contribution in [-0.2, 0) is 10.0 Å². The maximum Gasteiger partial charge on any atom is 0.261 e. The van der Waals surface area contributed by atoms with Crippen LogP contribution < -0.4 is 14.9 Å². The number of aromatic nitrogens is 2. The van der Waals surface area contributed by atoms with E-state index in [2.05, 4.69) is 25.1 Å². The quantitative estimate of drug-likeness (QED) is 0.641. The molecule has 1 aliphatic heterocycles. The largest absolute Gasteiger partial charge is 0.370 e. The Morgan fingerprint density at radius 1 is 0.931 bits per heavy atom. The van der Waals surface area contributed by atoms with Crippen LogP contribution >= 0.6 is 0 Å². The lowest BCUT2D eigenvalue weighted by Crippen LogP contribution is -2.18. The van der Waals surface area contributed by atoms with E-state index in [0.29, 0.717) is 11.5 Å². The number of nitrogens with zero attached hydrogens (tertiary/aromatic N) is 3. The van der Waals surface area contributed by atoms with Gasteiger partial charge in [0, 0.05) is 30.5 Å². The first-order valence-corrected chi connectivity index (χ1v) is 11.0. The van der Waals surface area contributed by atoms with E-state index in [1.54, 1.807) is 54.7 Å². The molecule has 8 heteroatoms. The fraction of sp³-hybridized carbons (Fsp3) is 0.238. The summed E-state index contributed by atoms with van der Waals surface area (Å²) in [4.78, 5) is 2.53. The monoisotopic (exact) mass is 409 g/mol. The van der Waals surface area contributed by atoms with Crippen LogP contribution in [0.4, 0.5) is 22.9 Å². The van der Waals surface area contributed by atoms with Crippen LogP contribution in [-0.4, -0.2) is 31.7 Å². The minimum absolute atomic E-state index is 0.235. The number of hydrogen-bond acceptors (Lipinski definition) is 6. The summed E-state index contributed by atoms with van der Waals surface area (Å²) in [7, 11) is -3.62. The summed E-state index contributed by atoms with van der Waals surface area (Å²) in [5.74, 6) is 0.655. The van der Waals surface area contributed by atoms with Gasteiger partial charge in [0.15, 0.2) is 5.82 Å². The van der Waals surface area contributed by atoms with Crippen molar-refractivity contribution in [2.45, 2.75) is 24.7 Å². The Morgan fingerprint density at radius 3 is 2.28 bits per heavy atom. The molecule has 1 aliphatic rings. The minimum Gasteiger partial charge on any atom is -0.370 e. The number of benzene rings is 2. The minimum atomic E-state index is -3.62. The van der Waals surface area contributed by atoms with Crippen molar-refractivity contribution in [3.63, 3.8) is 0 Å². The molecule has 0 amide bonds. The van der Waals surface area contributed by atoms with E-state index in [-0.39, 0.29) is 4.90 Å². The van der Waals surface area contributed by atoms with Gasteiger partial charge in [0.05, 0.1) is 16.8 Å². The maximum atomic E-state index is 12.5. The highest BCUT2D eigenvalue weighted by molar-refractivity contribution is 7.92. The van der Waals surface area contributed by atoms with Gasteiger partial charge in [-0.2, -0.15) is 5.10 Å². The van der Waals surface area contributed by atoms with Gasteiger partial charge in [-0.1, -0.05) is 17.7 Å². The molecule has 0 spiro atoms. The highest BCUT2D eigenvalue weighted by Crippen LogP contribution is 2.24. The summed E-state index contributed by atoms with van der Waals surface area (Å²) in [6.07, 6.45) is 4.18. The van der Waals surface area contributed by atoms with Crippen LogP contribution in [0.2, 0.25) is 0 Å². The van der Waals surface area contributed by atoms with Gasteiger partial charge in [0.25, 0.3) is 10.0 Å². The standard InChI is InChI=1S/C21H23N5O2S/c1-16-4-10-20(11-5-16)29(27,28)25-18-8-6-17(7-9-18)23-21-14-19(15-22-24-21)26-12-2-3-13-26/h4-11,14-15,25H,2-3,12-13H2,1H3,(H,23,24). The first-order valence-electron chi connectivity index (χ1n) is 9.54. The lowest BCUT2D eigenvalue weighted by atomic mass is 10.2. The Balaban J connectivity index is 1.44. The Labute approximate surface area is 170 Å². The summed E-state index contributed by atoms with van der Waals surface area (Å²) >= 11 is 0. The summed E-state index contributed by atoms with van der Waals surface area (Å²) in [5, 5.41) is 11.4. The summed E-state index contributed by atoms with van der Waals surface area (Å²) in [6.45, 7) is 4.00. The third kappa shape index (κ3) is 4.65. The van der Waals surface area contributed by atoms with E-state index < -0.39 is 10.0 Å². The van der Waals surface area contributed by atoms with Crippen LogP contribution in [0.25, 0.3) is 0 Å². The zero-order valence-corrected chi connectivity index (χ0v) is 17.0. The van der Waals surface area contributed by atoms with E-state index >= 15 is 0 Å². The van der Waals surface area contributed by atoms with E-state index in [4.69, 9.17) is 0 Å². The summed E-state index contributed by atoms with van der Waals surface area (Å²) in [6, 6.07) is 15.8. The molecule has 4 rings (SSSR count). The molecular formula is C21H23N5O2S. The van der Waals surface area contributed by atoms with Crippen molar-refractivity contribution in [1.29, 1.82) is 0 Å². The first kappa shape index (κ1) is 19.2. The van der Waals surface area contributed by atoms with Gasteiger partial charge in [-0.3, -0.25) is 4.72 Å². The predicted molar refractivity (Wildman–Crippen MR) is 115 cm³/mol. The summed E-state index contributed by atoms with van der Waals surface area (Å²) < 4.78 is 27.6. The van der Waals surface area contributed by atoms with Gasteiger partial charge in [-0.25, -0.2) is 8.42 Å². The molecule has 1 aromatic heterocycles. The zero-order chi connectivity index (χ0) is 20.3. The SMILES string of the molecule is Cc1ccc(S(=O)(=O)Nc2ccc(Nc3cc(N4CCCC4)cnn3)cc2)cc1. The molecule has 1 fully saturated rings. The second-order valence-electron chi connectivity index (χ2n) is 7.11. The molecule has 2 N–H and O–H groups in total. The highest BCUT2D eigenvalue weighted by Gasteiger charge is 2.15. The number of hydrogen-bond donors (Lipinski definition) is 2. The third-order valence-corrected chi connectivity index (χ3v) is 6.25. The Kier molecular flexibility index (Phi) is 5.35. The Morgan fingerprint density at radius 2 is 1.59 bits per heavy atom. The van der Waals surface area contributed by atoms with Gasteiger partial charge >= 0.3 is 0 Å². The molecule has 29 heavy (non-hydrogen) atoms. The van der Waals surface area contributed by atoms with E-state index in [1.807, 2.05) is 13.0 Å². The Bertz CT molecular complexity index is 1080. The molecule has 150 valence electrons. The molecular weight excluding hydrogens is 386 g/mol. The second kappa shape index (κ2) is 8.08. The van der Waals surface area contributed by atoms with Crippen molar-refractivity contribution < 1.29 is 8.42 Å². The second-order valence-corrected chi connectivity index (χ2v) is 8.80. The smallest absolute Gasteiger partial charge is 0.261 e. The maximum absolute atomic E-state index is 12.5. The van der Waals surface area contributed by atoms with Crippen molar-refractivity contribution in [3.8, 4) is 0 Å². The lowest BCUT2D eigenvalue weighted by molar-refractivity contribution is 0.601. The topological polar surface area (TPSA) is 87.2 Å². The number of anilines is 4. The fourth-order valence-corrected chi connectivity index (χ4v) is 4.33. The number of nitrogens with one attached hydrogen (secondary N) is 2. The fourth-order valence-electron chi connectivity index (χ4n) is 3.27. The van der Waals surface area contributed by atoms with Gasteiger partial charge < -0.3 is 10.2 Å². The van der Waals surface area contributed by atoms with Gasteiger partial charge in [0.2, 0.25) is 0 Å². The third-order valence-electron chi connectivity index (χ3n) is 4.85. The van der Waals surface area contributed by atoms with Crippen molar-refractivity contribution >= 4 is 32.9 Å². The normalized spacial score (nSPS) is 14.0. The van der Waals surface area contributed by atoms with Gasteiger partial charge in [-0.15, -0.1) is 5.10 Å². The molecule has 1 saturated heterocycles. The van der Waals surface area contributed by atoms with Crippen molar-refractivity contribution in [3.05, 3.63) is 66.4 Å². The number of aryl methyl sites for hydroxylation is 1. The molecule has 7 nitrogen and oxygen atoms in total. The van der Waals surface area contributed by atoms with Crippen LogP contribution in [0.1, 0.15) is 18.4 Å². The number of rotatable bonds is 6. The van der Waals surface area contributed by atoms with Crippen molar-refractivity contribution in [1.82, 2.24) is 10.2 Å². The Hall–Kier alpha value is -3.13. The highest BCUT2D eigenvalue weighted by atomic mass is 32.2. The molecule has 3 aromatic rings. The van der Waals surface area contributed by atoms with Crippen LogP contribution in [0.5, 0.6) is 0 Å². The molecule has 2 aromatic carbocycles. The van der Waals surface area contributed by atoms with Crippen molar-refractivity contribution in [2.75, 3.05) is 28.0 Å². The zero-order valence-electron chi connectivity index (χ0n) is 16.2. The lowest BCUT2D eigenvalue weighted by Gasteiger charge is -2.17. The molecule has 0 saturated carbocycles. The van der Waals surface area contributed by atoms with Gasteiger partial charge in [0.1, 0.15) is 0 Å². The molecule has 0 atom stereocenters. The number of sulfonamides is 1. The van der Waals surface area contributed by atoms with Crippen LogP contribution in [0.15, 0.2) is 65.7 Å². The molecule has 2 heterocycles. The molecule has 0 radical (unpaired) electrons. The molecule has 0 bridgehead atoms. The van der Waals surface area contributed by atoms with E-state index in [9.17, 15) is 8.42 Å². The average molecular weight is 410 g/mol. The average Bonchev–Trinajstić information content (AvgIpc) is 3.25. The van der Waals surface area contributed by atoms with Gasteiger partial charge in [-0.05, 0) is 56.2 Å².